The maximum Gasteiger partial charge on any atom is 0.309 e. The fourth-order valence-electron chi connectivity index (χ4n) is 1.75. The Bertz CT molecular complexity index is 567. The van der Waals surface area contributed by atoms with Crippen LogP contribution in [0.1, 0.15) is 23.4 Å². The second-order valence-electron chi connectivity index (χ2n) is 4.37. The SMILES string of the molecule is C[C@@H](NC(=O)C(=O)NCc1cccs1)c1ccccc1. The number of rotatable bonds is 4. The van der Waals surface area contributed by atoms with E-state index in [1.807, 2.05) is 54.8 Å². The number of hydrogen-bond donors (Lipinski definition) is 2. The second-order valence-corrected chi connectivity index (χ2v) is 5.40. The number of benzene rings is 1. The average Bonchev–Trinajstić information content (AvgIpc) is 2.98. The van der Waals surface area contributed by atoms with E-state index >= 15 is 0 Å². The highest BCUT2D eigenvalue weighted by molar-refractivity contribution is 7.09. The predicted octanol–water partition coefficient (Wildman–Crippen LogP) is 2.24. The van der Waals surface area contributed by atoms with Crippen molar-refractivity contribution in [2.75, 3.05) is 0 Å². The van der Waals surface area contributed by atoms with Crippen LogP contribution in [-0.4, -0.2) is 11.8 Å². The van der Waals surface area contributed by atoms with Crippen LogP contribution in [0.4, 0.5) is 0 Å². The molecule has 1 aromatic carbocycles. The summed E-state index contributed by atoms with van der Waals surface area (Å²) in [6.45, 7) is 2.23. The lowest BCUT2D eigenvalue weighted by Crippen LogP contribution is -2.40. The van der Waals surface area contributed by atoms with Crippen LogP contribution in [0, 0.1) is 0 Å². The van der Waals surface area contributed by atoms with Crippen molar-refractivity contribution in [3.05, 3.63) is 58.3 Å². The lowest BCUT2D eigenvalue weighted by Gasteiger charge is -2.13. The topological polar surface area (TPSA) is 58.2 Å². The van der Waals surface area contributed by atoms with E-state index < -0.39 is 11.8 Å². The van der Waals surface area contributed by atoms with E-state index in [2.05, 4.69) is 10.6 Å². The van der Waals surface area contributed by atoms with E-state index in [4.69, 9.17) is 0 Å². The third-order valence-corrected chi connectivity index (χ3v) is 3.73. The molecule has 2 N–H and O–H groups in total. The van der Waals surface area contributed by atoms with Gasteiger partial charge in [-0.05, 0) is 23.9 Å². The molecule has 2 aromatic rings. The Hall–Kier alpha value is -2.14. The third kappa shape index (κ3) is 3.93. The van der Waals surface area contributed by atoms with E-state index in [-0.39, 0.29) is 6.04 Å². The molecule has 0 radical (unpaired) electrons. The molecule has 0 aliphatic carbocycles. The molecule has 5 heteroatoms. The molecule has 1 atom stereocenters. The van der Waals surface area contributed by atoms with Gasteiger partial charge < -0.3 is 10.6 Å². The molecule has 2 amide bonds. The lowest BCUT2D eigenvalue weighted by molar-refractivity contribution is -0.139. The summed E-state index contributed by atoms with van der Waals surface area (Å²) >= 11 is 1.54. The van der Waals surface area contributed by atoms with Crippen LogP contribution in [0.2, 0.25) is 0 Å². The number of nitrogens with one attached hydrogen (secondary N) is 2. The first-order valence-electron chi connectivity index (χ1n) is 6.33. The van der Waals surface area contributed by atoms with Crippen LogP contribution in [0.15, 0.2) is 47.8 Å². The standard InChI is InChI=1S/C15H16N2O2S/c1-11(12-6-3-2-4-7-12)17-15(19)14(18)16-10-13-8-5-9-20-13/h2-9,11H,10H2,1H3,(H,16,18)(H,17,19)/t11-/m1/s1. The van der Waals surface area contributed by atoms with Crippen LogP contribution in [0.25, 0.3) is 0 Å². The normalized spacial score (nSPS) is 11.7. The van der Waals surface area contributed by atoms with Gasteiger partial charge in [-0.15, -0.1) is 11.3 Å². The van der Waals surface area contributed by atoms with Gasteiger partial charge in [0.25, 0.3) is 0 Å². The zero-order valence-electron chi connectivity index (χ0n) is 11.1. The van der Waals surface area contributed by atoms with Crippen LogP contribution < -0.4 is 10.6 Å². The van der Waals surface area contributed by atoms with Crippen LogP contribution >= 0.6 is 11.3 Å². The van der Waals surface area contributed by atoms with Crippen molar-refractivity contribution in [2.45, 2.75) is 19.5 Å². The highest BCUT2D eigenvalue weighted by Crippen LogP contribution is 2.11. The largest absolute Gasteiger partial charge is 0.343 e. The summed E-state index contributed by atoms with van der Waals surface area (Å²) in [5, 5.41) is 7.21. The Balaban J connectivity index is 1.83. The smallest absolute Gasteiger partial charge is 0.309 e. The van der Waals surface area contributed by atoms with Crippen molar-refractivity contribution < 1.29 is 9.59 Å². The van der Waals surface area contributed by atoms with Crippen LogP contribution in [0.5, 0.6) is 0 Å². The van der Waals surface area contributed by atoms with Crippen molar-refractivity contribution in [1.29, 1.82) is 0 Å². The van der Waals surface area contributed by atoms with E-state index in [0.717, 1.165) is 10.4 Å². The molecule has 0 aliphatic rings. The Labute approximate surface area is 121 Å². The summed E-state index contributed by atoms with van der Waals surface area (Å²) in [6, 6.07) is 13.1. The summed E-state index contributed by atoms with van der Waals surface area (Å²) in [5.41, 5.74) is 0.965. The molecule has 0 aliphatic heterocycles. The molecule has 0 saturated carbocycles. The summed E-state index contributed by atoms with van der Waals surface area (Å²) in [4.78, 5) is 24.5. The molecule has 0 spiro atoms. The van der Waals surface area contributed by atoms with Gasteiger partial charge in [0.1, 0.15) is 0 Å². The predicted molar refractivity (Wildman–Crippen MR) is 79.2 cm³/mol. The monoisotopic (exact) mass is 288 g/mol. The maximum atomic E-state index is 11.8. The van der Waals surface area contributed by atoms with Crippen LogP contribution in [-0.2, 0) is 16.1 Å². The average molecular weight is 288 g/mol. The second kappa shape index (κ2) is 6.86. The van der Waals surface area contributed by atoms with E-state index in [0.29, 0.717) is 6.54 Å². The quantitative estimate of drug-likeness (QED) is 0.848. The molecule has 0 saturated heterocycles. The molecular weight excluding hydrogens is 272 g/mol. The highest BCUT2D eigenvalue weighted by Gasteiger charge is 2.16. The maximum absolute atomic E-state index is 11.8. The van der Waals surface area contributed by atoms with Gasteiger partial charge in [-0.2, -0.15) is 0 Å². The minimum Gasteiger partial charge on any atom is -0.343 e. The van der Waals surface area contributed by atoms with Crippen molar-refractivity contribution in [2.24, 2.45) is 0 Å². The van der Waals surface area contributed by atoms with Gasteiger partial charge in [-0.1, -0.05) is 36.4 Å². The molecule has 104 valence electrons. The third-order valence-electron chi connectivity index (χ3n) is 2.86. The van der Waals surface area contributed by atoms with Crippen LogP contribution in [0.3, 0.4) is 0 Å². The number of amides is 2. The first-order chi connectivity index (χ1) is 9.66. The van der Waals surface area contributed by atoms with Crippen molar-refractivity contribution in [3.8, 4) is 0 Å². The molecular formula is C15H16N2O2S. The van der Waals surface area contributed by atoms with Gasteiger partial charge in [0.05, 0.1) is 12.6 Å². The lowest BCUT2D eigenvalue weighted by atomic mass is 10.1. The molecule has 1 aromatic heterocycles. The Morgan fingerprint density at radius 2 is 1.85 bits per heavy atom. The number of carbonyl (C=O) groups excluding carboxylic acids is 2. The van der Waals surface area contributed by atoms with E-state index in [1.165, 1.54) is 0 Å². The molecule has 0 fully saturated rings. The molecule has 0 unspecified atom stereocenters. The number of thiophene rings is 1. The van der Waals surface area contributed by atoms with Crippen molar-refractivity contribution in [1.82, 2.24) is 10.6 Å². The zero-order chi connectivity index (χ0) is 14.4. The van der Waals surface area contributed by atoms with Gasteiger partial charge in [0.15, 0.2) is 0 Å². The zero-order valence-corrected chi connectivity index (χ0v) is 11.9. The molecule has 4 nitrogen and oxygen atoms in total. The van der Waals surface area contributed by atoms with E-state index in [1.54, 1.807) is 11.3 Å². The van der Waals surface area contributed by atoms with Gasteiger partial charge >= 0.3 is 11.8 Å². The fraction of sp³-hybridized carbons (Fsp3) is 0.200. The fourth-order valence-corrected chi connectivity index (χ4v) is 2.39. The summed E-state index contributed by atoms with van der Waals surface area (Å²) < 4.78 is 0. The van der Waals surface area contributed by atoms with Gasteiger partial charge in [-0.3, -0.25) is 9.59 Å². The molecule has 20 heavy (non-hydrogen) atoms. The van der Waals surface area contributed by atoms with Gasteiger partial charge in [0, 0.05) is 4.88 Å². The summed E-state index contributed by atoms with van der Waals surface area (Å²) in [5.74, 6) is -1.22. The summed E-state index contributed by atoms with van der Waals surface area (Å²) in [6.07, 6.45) is 0. The Morgan fingerprint density at radius 3 is 2.50 bits per heavy atom. The first kappa shape index (κ1) is 14.3. The minimum atomic E-state index is -0.613. The van der Waals surface area contributed by atoms with Crippen molar-refractivity contribution in [3.63, 3.8) is 0 Å². The highest BCUT2D eigenvalue weighted by atomic mass is 32.1. The summed E-state index contributed by atoms with van der Waals surface area (Å²) in [7, 11) is 0. The van der Waals surface area contributed by atoms with E-state index in [9.17, 15) is 9.59 Å². The molecule has 2 rings (SSSR count). The first-order valence-corrected chi connectivity index (χ1v) is 7.21. The molecule has 0 bridgehead atoms. The number of carbonyl (C=O) groups is 2. The van der Waals surface area contributed by atoms with Crippen molar-refractivity contribution >= 4 is 23.2 Å². The molecule has 1 heterocycles. The van der Waals surface area contributed by atoms with Gasteiger partial charge in [-0.25, -0.2) is 0 Å². The van der Waals surface area contributed by atoms with Gasteiger partial charge in [0.2, 0.25) is 0 Å². The Kier molecular flexibility index (Phi) is 4.90. The Morgan fingerprint density at radius 1 is 1.10 bits per heavy atom. The number of hydrogen-bond acceptors (Lipinski definition) is 3. The minimum absolute atomic E-state index is 0.198.